The average Bonchev–Trinajstić information content (AvgIpc) is 2.45. The molecule has 2 aromatic carbocycles. The number of nitriles is 1. The lowest BCUT2D eigenvalue weighted by atomic mass is 10.1. The highest BCUT2D eigenvalue weighted by atomic mass is 35.5. The van der Waals surface area contributed by atoms with E-state index in [0.29, 0.717) is 21.9 Å². The summed E-state index contributed by atoms with van der Waals surface area (Å²) in [6, 6.07) is 14.0. The number of rotatable bonds is 4. The maximum atomic E-state index is 12.0. The van der Waals surface area contributed by atoms with Crippen molar-refractivity contribution in [2.24, 2.45) is 0 Å². The van der Waals surface area contributed by atoms with Crippen LogP contribution in [0.3, 0.4) is 0 Å². The number of Topliss-reactive ketones (excluding diaryl/α,β-unsaturated/α-hetero) is 1. The van der Waals surface area contributed by atoms with Crippen molar-refractivity contribution in [1.29, 1.82) is 5.26 Å². The van der Waals surface area contributed by atoms with E-state index in [-0.39, 0.29) is 12.4 Å². The zero-order valence-electron chi connectivity index (χ0n) is 10.9. The number of ketones is 1. The maximum Gasteiger partial charge on any atom is 0.200 e. The van der Waals surface area contributed by atoms with Crippen molar-refractivity contribution in [3.63, 3.8) is 0 Å². The van der Waals surface area contributed by atoms with Crippen LogP contribution in [0.15, 0.2) is 42.5 Å². The Kier molecular flexibility index (Phi) is 4.39. The summed E-state index contributed by atoms with van der Waals surface area (Å²) in [4.78, 5) is 12.0. The summed E-state index contributed by atoms with van der Waals surface area (Å²) in [5.74, 6) is 0.375. The first-order valence-corrected chi connectivity index (χ1v) is 6.41. The third kappa shape index (κ3) is 3.17. The number of hydrogen-bond donors (Lipinski definition) is 0. The Labute approximate surface area is 122 Å². The van der Waals surface area contributed by atoms with E-state index in [4.69, 9.17) is 21.6 Å². The van der Waals surface area contributed by atoms with Gasteiger partial charge in [-0.25, -0.2) is 0 Å². The molecule has 0 unspecified atom stereocenters. The van der Waals surface area contributed by atoms with Gasteiger partial charge in [-0.2, -0.15) is 5.26 Å². The molecule has 100 valence electrons. The number of benzene rings is 2. The minimum Gasteiger partial charge on any atom is -0.485 e. The molecular weight excluding hydrogens is 274 g/mol. The van der Waals surface area contributed by atoms with Gasteiger partial charge in [-0.3, -0.25) is 4.79 Å². The smallest absolute Gasteiger partial charge is 0.200 e. The van der Waals surface area contributed by atoms with Crippen molar-refractivity contribution in [1.82, 2.24) is 0 Å². The van der Waals surface area contributed by atoms with Crippen LogP contribution in [-0.4, -0.2) is 12.4 Å². The third-order valence-electron chi connectivity index (χ3n) is 2.88. The second-order valence-electron chi connectivity index (χ2n) is 4.28. The molecule has 0 bridgehead atoms. The third-order valence-corrected chi connectivity index (χ3v) is 3.19. The lowest BCUT2D eigenvalue weighted by Gasteiger charge is -2.08. The van der Waals surface area contributed by atoms with Gasteiger partial charge in [0, 0.05) is 11.6 Å². The number of carbonyl (C=O) groups excluding carboxylic acids is 1. The number of aryl methyl sites for hydroxylation is 1. The second kappa shape index (κ2) is 6.23. The zero-order chi connectivity index (χ0) is 14.5. The van der Waals surface area contributed by atoms with Crippen LogP contribution in [0, 0.1) is 18.3 Å². The highest BCUT2D eigenvalue weighted by Gasteiger charge is 2.10. The van der Waals surface area contributed by atoms with Gasteiger partial charge in [0.25, 0.3) is 0 Å². The van der Waals surface area contributed by atoms with E-state index in [2.05, 4.69) is 0 Å². The minimum absolute atomic E-state index is 0.0624. The fraction of sp³-hybridized carbons (Fsp3) is 0.125. The first kappa shape index (κ1) is 14.1. The Morgan fingerprint density at radius 3 is 2.70 bits per heavy atom. The lowest BCUT2D eigenvalue weighted by Crippen LogP contribution is -2.12. The molecule has 4 heteroatoms. The van der Waals surface area contributed by atoms with Crippen molar-refractivity contribution in [3.8, 4) is 11.8 Å². The zero-order valence-corrected chi connectivity index (χ0v) is 11.6. The Bertz CT molecular complexity index is 689. The normalized spacial score (nSPS) is 9.85. The molecular formula is C16H12ClNO2. The molecule has 0 saturated carbocycles. The molecule has 0 aliphatic carbocycles. The first-order valence-electron chi connectivity index (χ1n) is 6.03. The Hall–Kier alpha value is -2.31. The van der Waals surface area contributed by atoms with Crippen LogP contribution in [0.1, 0.15) is 21.5 Å². The van der Waals surface area contributed by atoms with Gasteiger partial charge >= 0.3 is 0 Å². The highest BCUT2D eigenvalue weighted by Crippen LogP contribution is 2.22. The molecule has 0 radical (unpaired) electrons. The largest absolute Gasteiger partial charge is 0.485 e. The maximum absolute atomic E-state index is 12.0. The molecule has 0 spiro atoms. The van der Waals surface area contributed by atoms with E-state index < -0.39 is 0 Å². The number of nitrogens with zero attached hydrogens (tertiary/aromatic N) is 1. The van der Waals surface area contributed by atoms with Crippen molar-refractivity contribution in [2.75, 3.05) is 6.61 Å². The van der Waals surface area contributed by atoms with Gasteiger partial charge in [0.05, 0.1) is 10.6 Å². The van der Waals surface area contributed by atoms with Crippen LogP contribution in [0.4, 0.5) is 0 Å². The quantitative estimate of drug-likeness (QED) is 0.803. The van der Waals surface area contributed by atoms with Crippen molar-refractivity contribution in [3.05, 3.63) is 64.2 Å². The molecule has 2 rings (SSSR count). The van der Waals surface area contributed by atoms with Crippen molar-refractivity contribution < 1.29 is 9.53 Å². The second-order valence-corrected chi connectivity index (χ2v) is 4.69. The SMILES string of the molecule is Cc1ccccc1C(=O)COc1ccc(C#N)c(Cl)c1. The molecule has 0 heterocycles. The molecule has 20 heavy (non-hydrogen) atoms. The molecule has 0 aliphatic heterocycles. The fourth-order valence-corrected chi connectivity index (χ4v) is 2.00. The van der Waals surface area contributed by atoms with Gasteiger partial charge in [-0.15, -0.1) is 0 Å². The molecule has 0 fully saturated rings. The predicted molar refractivity (Wildman–Crippen MR) is 77.2 cm³/mol. The molecule has 3 nitrogen and oxygen atoms in total. The summed E-state index contributed by atoms with van der Waals surface area (Å²) in [5.41, 5.74) is 1.94. The van der Waals surface area contributed by atoms with Crippen LogP contribution >= 0.6 is 11.6 Å². The first-order chi connectivity index (χ1) is 9.61. The summed E-state index contributed by atoms with van der Waals surface area (Å²) in [5, 5.41) is 9.09. The molecule has 0 atom stereocenters. The summed E-state index contributed by atoms with van der Waals surface area (Å²) < 4.78 is 5.41. The molecule has 0 amide bonds. The summed E-state index contributed by atoms with van der Waals surface area (Å²) >= 11 is 5.90. The standard InChI is InChI=1S/C16H12ClNO2/c1-11-4-2-3-5-14(11)16(19)10-20-13-7-6-12(9-18)15(17)8-13/h2-8H,10H2,1H3. The summed E-state index contributed by atoms with van der Waals surface area (Å²) in [6.07, 6.45) is 0. The van der Waals surface area contributed by atoms with E-state index in [9.17, 15) is 4.79 Å². The summed E-state index contributed by atoms with van der Waals surface area (Å²) in [7, 11) is 0. The molecule has 2 aromatic rings. The van der Waals surface area contributed by atoms with Gasteiger partial charge in [-0.1, -0.05) is 35.9 Å². The average molecular weight is 286 g/mol. The lowest BCUT2D eigenvalue weighted by molar-refractivity contribution is 0.0921. The van der Waals surface area contributed by atoms with Crippen LogP contribution in [0.5, 0.6) is 5.75 Å². The van der Waals surface area contributed by atoms with Gasteiger partial charge < -0.3 is 4.74 Å². The van der Waals surface area contributed by atoms with E-state index in [1.54, 1.807) is 18.2 Å². The van der Waals surface area contributed by atoms with Crippen LogP contribution < -0.4 is 4.74 Å². The van der Waals surface area contributed by atoms with Gasteiger partial charge in [0.2, 0.25) is 0 Å². The Morgan fingerprint density at radius 2 is 2.05 bits per heavy atom. The van der Waals surface area contributed by atoms with Crippen LogP contribution in [-0.2, 0) is 0 Å². The molecule has 0 aliphatic rings. The number of carbonyl (C=O) groups is 1. The molecule has 0 N–H and O–H groups in total. The van der Waals surface area contributed by atoms with Crippen molar-refractivity contribution in [2.45, 2.75) is 6.92 Å². The Balaban J connectivity index is 2.06. The topological polar surface area (TPSA) is 50.1 Å². The Morgan fingerprint density at radius 1 is 1.30 bits per heavy atom. The van der Waals surface area contributed by atoms with Crippen LogP contribution in [0.25, 0.3) is 0 Å². The highest BCUT2D eigenvalue weighted by molar-refractivity contribution is 6.31. The molecule has 0 aromatic heterocycles. The van der Waals surface area contributed by atoms with E-state index in [1.807, 2.05) is 31.2 Å². The minimum atomic E-state index is -0.0939. The predicted octanol–water partition coefficient (Wildman–Crippen LogP) is 3.78. The number of halogens is 1. The van der Waals surface area contributed by atoms with E-state index >= 15 is 0 Å². The molecule has 0 saturated heterocycles. The monoisotopic (exact) mass is 285 g/mol. The van der Waals surface area contributed by atoms with Gasteiger partial charge in [0.15, 0.2) is 12.4 Å². The number of hydrogen-bond acceptors (Lipinski definition) is 3. The summed E-state index contributed by atoms with van der Waals surface area (Å²) in [6.45, 7) is 1.82. The fourth-order valence-electron chi connectivity index (χ4n) is 1.79. The van der Waals surface area contributed by atoms with Crippen LogP contribution in [0.2, 0.25) is 5.02 Å². The van der Waals surface area contributed by atoms with Gasteiger partial charge in [-0.05, 0) is 24.6 Å². The number of ether oxygens (including phenoxy) is 1. The van der Waals surface area contributed by atoms with Crippen molar-refractivity contribution >= 4 is 17.4 Å². The van der Waals surface area contributed by atoms with E-state index in [1.165, 1.54) is 6.07 Å². The van der Waals surface area contributed by atoms with E-state index in [0.717, 1.165) is 5.56 Å². The van der Waals surface area contributed by atoms with Gasteiger partial charge in [0.1, 0.15) is 11.8 Å².